The number of carbonyl (C=O) groups is 4. The Bertz CT molecular complexity index is 1420. The number of carbonyl (C=O) groups excluding carboxylic acids is 4. The highest BCUT2D eigenvalue weighted by Crippen LogP contribution is 2.23. The molecule has 0 bridgehead atoms. The van der Waals surface area contributed by atoms with Crippen LogP contribution in [0.25, 0.3) is 0 Å². The number of benzene rings is 2. The Labute approximate surface area is 245 Å². The average Bonchev–Trinajstić information content (AvgIpc) is 3.21. The van der Waals surface area contributed by atoms with Crippen LogP contribution in [-0.4, -0.2) is 65.0 Å². The molecule has 0 saturated heterocycles. The van der Waals surface area contributed by atoms with Crippen molar-refractivity contribution < 1.29 is 28.3 Å². The minimum Gasteiger partial charge on any atom is -0.447 e. The number of ether oxygens (including phenoxy) is 1. The molecule has 1 atom stereocenters. The summed E-state index contributed by atoms with van der Waals surface area (Å²) in [4.78, 5) is 57.3. The molecule has 1 aliphatic heterocycles. The molecule has 0 saturated carbocycles. The third-order valence-corrected chi connectivity index (χ3v) is 7.14. The van der Waals surface area contributed by atoms with Crippen molar-refractivity contribution >= 4 is 53.0 Å². The number of hydrogen-bond donors (Lipinski definition) is 2. The van der Waals surface area contributed by atoms with Gasteiger partial charge in [-0.15, -0.1) is 0 Å². The van der Waals surface area contributed by atoms with Crippen molar-refractivity contribution in [2.75, 3.05) is 25.5 Å². The number of fused-ring (bicyclic) bond motifs is 1. The van der Waals surface area contributed by atoms with Crippen molar-refractivity contribution in [3.63, 3.8) is 0 Å². The average molecular weight is 602 g/mol. The number of pyridine rings is 1. The van der Waals surface area contributed by atoms with Gasteiger partial charge >= 0.3 is 12.1 Å². The SMILES string of the molecule is CN(C(=O)NCc1cccc(F)c1Cl)C(CCCN1C(=O)c2ccccc2C1=O)COC(=O)Nc1ccc(Cl)cn1. The van der Waals surface area contributed by atoms with E-state index in [1.165, 1.54) is 36.3 Å². The van der Waals surface area contributed by atoms with E-state index in [2.05, 4.69) is 15.6 Å². The maximum Gasteiger partial charge on any atom is 0.412 e. The van der Waals surface area contributed by atoms with Crippen molar-refractivity contribution in [2.24, 2.45) is 0 Å². The molecule has 214 valence electrons. The predicted molar refractivity (Wildman–Crippen MR) is 150 cm³/mol. The first-order chi connectivity index (χ1) is 19.7. The summed E-state index contributed by atoms with van der Waals surface area (Å²) < 4.78 is 19.1. The Hall–Kier alpha value is -4.22. The first-order valence-electron chi connectivity index (χ1n) is 12.6. The molecule has 41 heavy (non-hydrogen) atoms. The normalized spacial score (nSPS) is 13.0. The summed E-state index contributed by atoms with van der Waals surface area (Å²) in [6.07, 6.45) is 1.17. The number of nitrogens with zero attached hydrogens (tertiary/aromatic N) is 3. The summed E-state index contributed by atoms with van der Waals surface area (Å²) in [6, 6.07) is 12.7. The van der Waals surface area contributed by atoms with Gasteiger partial charge in [-0.25, -0.2) is 19.0 Å². The predicted octanol–water partition coefficient (Wildman–Crippen LogP) is 5.36. The monoisotopic (exact) mass is 601 g/mol. The van der Waals surface area contributed by atoms with Crippen LogP contribution in [0.4, 0.5) is 19.8 Å². The molecule has 5 amide bonds. The molecule has 1 aliphatic rings. The molecule has 0 fully saturated rings. The highest BCUT2D eigenvalue weighted by molar-refractivity contribution is 6.31. The number of nitrogens with one attached hydrogen (secondary N) is 2. The number of anilines is 1. The zero-order chi connectivity index (χ0) is 29.5. The van der Waals surface area contributed by atoms with Gasteiger partial charge in [-0.05, 0) is 48.7 Å². The molecule has 2 aromatic carbocycles. The molecule has 10 nitrogen and oxygen atoms in total. The van der Waals surface area contributed by atoms with E-state index in [1.54, 1.807) is 36.4 Å². The molecule has 0 spiro atoms. The van der Waals surface area contributed by atoms with Gasteiger partial charge in [-0.2, -0.15) is 0 Å². The number of hydrogen-bond acceptors (Lipinski definition) is 6. The van der Waals surface area contributed by atoms with Crippen LogP contribution < -0.4 is 10.6 Å². The largest absolute Gasteiger partial charge is 0.447 e. The van der Waals surface area contributed by atoms with Crippen LogP contribution in [0.15, 0.2) is 60.8 Å². The molecule has 3 aromatic rings. The van der Waals surface area contributed by atoms with Gasteiger partial charge in [0.1, 0.15) is 18.2 Å². The maximum atomic E-state index is 13.8. The quantitative estimate of drug-likeness (QED) is 0.302. The summed E-state index contributed by atoms with van der Waals surface area (Å²) in [6.45, 7) is -0.130. The second-order valence-electron chi connectivity index (χ2n) is 9.17. The van der Waals surface area contributed by atoms with E-state index in [4.69, 9.17) is 27.9 Å². The lowest BCUT2D eigenvalue weighted by atomic mass is 10.1. The number of halogens is 3. The molecule has 2 N–H and O–H groups in total. The minimum absolute atomic E-state index is 0.0366. The van der Waals surface area contributed by atoms with E-state index >= 15 is 0 Å². The van der Waals surface area contributed by atoms with Gasteiger partial charge in [0.25, 0.3) is 11.8 Å². The molecule has 1 unspecified atom stereocenters. The maximum absolute atomic E-state index is 13.8. The van der Waals surface area contributed by atoms with E-state index in [9.17, 15) is 23.6 Å². The highest BCUT2D eigenvalue weighted by Gasteiger charge is 2.35. The van der Waals surface area contributed by atoms with Crippen molar-refractivity contribution in [3.05, 3.63) is 93.3 Å². The van der Waals surface area contributed by atoms with Crippen molar-refractivity contribution in [3.8, 4) is 0 Å². The number of likely N-dealkylation sites (N-methyl/N-ethyl adjacent to an activating group) is 1. The van der Waals surface area contributed by atoms with E-state index in [0.717, 1.165) is 4.90 Å². The Kier molecular flexibility index (Phi) is 9.74. The van der Waals surface area contributed by atoms with Crippen LogP contribution in [0, 0.1) is 5.82 Å². The molecule has 0 radical (unpaired) electrons. The smallest absolute Gasteiger partial charge is 0.412 e. The third-order valence-electron chi connectivity index (χ3n) is 6.49. The van der Waals surface area contributed by atoms with Crippen molar-refractivity contribution in [1.29, 1.82) is 0 Å². The van der Waals surface area contributed by atoms with Gasteiger partial charge < -0.3 is 15.0 Å². The number of rotatable bonds is 10. The summed E-state index contributed by atoms with van der Waals surface area (Å²) in [5.41, 5.74) is 1.08. The van der Waals surface area contributed by atoms with Crippen LogP contribution in [0.1, 0.15) is 39.1 Å². The summed E-state index contributed by atoms with van der Waals surface area (Å²) >= 11 is 11.8. The molecular formula is C28H26Cl2FN5O5. The van der Waals surface area contributed by atoms with Gasteiger partial charge in [-0.3, -0.25) is 19.8 Å². The van der Waals surface area contributed by atoms with E-state index in [1.807, 2.05) is 0 Å². The molecule has 4 rings (SSSR count). The minimum atomic E-state index is -0.800. The molecule has 13 heteroatoms. The molecule has 1 aromatic heterocycles. The zero-order valence-electron chi connectivity index (χ0n) is 21.9. The highest BCUT2D eigenvalue weighted by atomic mass is 35.5. The van der Waals surface area contributed by atoms with Gasteiger partial charge in [0.05, 0.1) is 27.2 Å². The van der Waals surface area contributed by atoms with E-state index in [-0.39, 0.29) is 48.8 Å². The zero-order valence-corrected chi connectivity index (χ0v) is 23.4. The van der Waals surface area contributed by atoms with Gasteiger partial charge in [0.2, 0.25) is 0 Å². The number of amides is 5. The van der Waals surface area contributed by atoms with Crippen LogP contribution in [0.3, 0.4) is 0 Å². The summed E-state index contributed by atoms with van der Waals surface area (Å²) in [7, 11) is 1.51. The summed E-state index contributed by atoms with van der Waals surface area (Å²) in [5, 5.41) is 5.46. The standard InChI is InChI=1S/C28H26Cl2FN5O5/c1-35(27(39)33-14-17-6-4-10-22(31)24(17)30)19(16-41-28(40)34-23-12-11-18(29)15-32-23)7-5-13-36-25(37)20-8-2-3-9-21(20)26(36)38/h2-4,6,8-12,15,19H,5,7,13-14,16H2,1H3,(H,33,39)(H,32,34,40). The van der Waals surface area contributed by atoms with Crippen LogP contribution in [0.5, 0.6) is 0 Å². The molecular weight excluding hydrogens is 576 g/mol. The first kappa shape index (κ1) is 29.8. The Morgan fingerprint density at radius 2 is 1.76 bits per heavy atom. The van der Waals surface area contributed by atoms with Crippen LogP contribution >= 0.6 is 23.2 Å². The van der Waals surface area contributed by atoms with Gasteiger partial charge in [0.15, 0.2) is 0 Å². The lowest BCUT2D eigenvalue weighted by Gasteiger charge is -2.28. The third kappa shape index (κ3) is 7.30. The van der Waals surface area contributed by atoms with Gasteiger partial charge in [-0.1, -0.05) is 47.5 Å². The number of aromatic nitrogens is 1. The van der Waals surface area contributed by atoms with E-state index in [0.29, 0.717) is 28.1 Å². The fourth-order valence-electron chi connectivity index (χ4n) is 4.22. The number of urea groups is 1. The second-order valence-corrected chi connectivity index (χ2v) is 9.99. The topological polar surface area (TPSA) is 121 Å². The first-order valence-corrected chi connectivity index (χ1v) is 13.4. The molecule has 0 aliphatic carbocycles. The Morgan fingerprint density at radius 1 is 1.05 bits per heavy atom. The Morgan fingerprint density at radius 3 is 2.41 bits per heavy atom. The second kappa shape index (κ2) is 13.4. The lowest BCUT2D eigenvalue weighted by molar-refractivity contribution is 0.0644. The fourth-order valence-corrected chi connectivity index (χ4v) is 4.53. The van der Waals surface area contributed by atoms with E-state index < -0.39 is 24.0 Å². The van der Waals surface area contributed by atoms with Crippen LogP contribution in [-0.2, 0) is 11.3 Å². The lowest BCUT2D eigenvalue weighted by Crippen LogP contribution is -2.46. The number of imide groups is 1. The van der Waals surface area contributed by atoms with Crippen molar-refractivity contribution in [1.82, 2.24) is 20.1 Å². The molecule has 2 heterocycles. The fraction of sp³-hybridized carbons (Fsp3) is 0.250. The van der Waals surface area contributed by atoms with Crippen molar-refractivity contribution in [2.45, 2.75) is 25.4 Å². The van der Waals surface area contributed by atoms with Crippen LogP contribution in [0.2, 0.25) is 10.0 Å². The Balaban J connectivity index is 1.38. The summed E-state index contributed by atoms with van der Waals surface area (Å²) in [5.74, 6) is -1.15. The van der Waals surface area contributed by atoms with Gasteiger partial charge in [0, 0.05) is 26.3 Å².